The normalized spacial score (nSPS) is 19.4. The fourth-order valence-corrected chi connectivity index (χ4v) is 4.84. The third kappa shape index (κ3) is 2.01. The predicted octanol–water partition coefficient (Wildman–Crippen LogP) is 2.88. The molecule has 2 aliphatic rings. The number of nitrogens with one attached hydrogen (secondary N) is 1. The predicted molar refractivity (Wildman–Crippen MR) is 95.4 cm³/mol. The third-order valence-electron chi connectivity index (χ3n) is 4.09. The maximum atomic E-state index is 12.9. The summed E-state index contributed by atoms with van der Waals surface area (Å²) in [7, 11) is -2.15. The molecule has 1 N–H and O–H groups in total. The highest BCUT2D eigenvalue weighted by molar-refractivity contribution is 9.10. The Kier molecular flexibility index (Phi) is 3.26. The van der Waals surface area contributed by atoms with Crippen LogP contribution in [0.3, 0.4) is 0 Å². The van der Waals surface area contributed by atoms with Gasteiger partial charge in [0.05, 0.1) is 10.6 Å². The number of Topliss-reactive ketones (excluding diaryl/α,β-unsaturated/α-hetero) is 1. The molecule has 0 unspecified atom stereocenters. The van der Waals surface area contributed by atoms with Gasteiger partial charge in [0.25, 0.3) is 10.0 Å². The molecule has 2 aromatic carbocycles. The molecular formula is C17H11BrN2O3S. The number of benzene rings is 2. The second kappa shape index (κ2) is 5.12. The van der Waals surface area contributed by atoms with Gasteiger partial charge in [-0.05, 0) is 23.8 Å². The summed E-state index contributed by atoms with van der Waals surface area (Å²) in [6, 6.07) is 12.1. The Morgan fingerprint density at radius 3 is 2.58 bits per heavy atom. The molecular weight excluding hydrogens is 392 g/mol. The van der Waals surface area contributed by atoms with Gasteiger partial charge in [-0.2, -0.15) is 0 Å². The fraction of sp³-hybridized carbons (Fsp3) is 0.0588. The molecule has 0 fully saturated rings. The number of carbonyl (C=O) groups excluding carboxylic acids is 1. The molecule has 0 aromatic heterocycles. The summed E-state index contributed by atoms with van der Waals surface area (Å²) in [6.45, 7) is 0. The van der Waals surface area contributed by atoms with Crippen molar-refractivity contribution in [3.05, 3.63) is 63.6 Å². The summed E-state index contributed by atoms with van der Waals surface area (Å²) in [5.41, 5.74) is 2.68. The number of aliphatic imine (C=N–C) groups is 1. The summed E-state index contributed by atoms with van der Waals surface area (Å²) in [5.74, 6) is -0.271. The van der Waals surface area contributed by atoms with Gasteiger partial charge in [0, 0.05) is 28.2 Å². The molecule has 0 bridgehead atoms. The first-order valence-corrected chi connectivity index (χ1v) is 9.40. The number of hydrogen-bond donors (Lipinski definition) is 1. The van der Waals surface area contributed by atoms with E-state index in [9.17, 15) is 13.2 Å². The van der Waals surface area contributed by atoms with Crippen molar-refractivity contribution in [2.45, 2.75) is 4.90 Å². The molecule has 1 heterocycles. The molecule has 0 saturated heterocycles. The van der Waals surface area contributed by atoms with Crippen LogP contribution in [0, 0.1) is 0 Å². The van der Waals surface area contributed by atoms with Crippen LogP contribution in [0.1, 0.15) is 21.5 Å². The van der Waals surface area contributed by atoms with Crippen molar-refractivity contribution >= 4 is 48.7 Å². The van der Waals surface area contributed by atoms with Gasteiger partial charge in [-0.25, -0.2) is 8.42 Å². The van der Waals surface area contributed by atoms with E-state index in [1.54, 1.807) is 12.1 Å². The Balaban J connectivity index is 2.16. The first-order valence-electron chi connectivity index (χ1n) is 7.12. The molecule has 0 radical (unpaired) electrons. The van der Waals surface area contributed by atoms with Crippen molar-refractivity contribution in [3.63, 3.8) is 0 Å². The van der Waals surface area contributed by atoms with E-state index in [0.717, 1.165) is 10.0 Å². The molecule has 1 aliphatic heterocycles. The van der Waals surface area contributed by atoms with Crippen LogP contribution in [0.5, 0.6) is 0 Å². The second-order valence-electron chi connectivity index (χ2n) is 5.45. The zero-order valence-corrected chi connectivity index (χ0v) is 14.9. The topological polar surface area (TPSA) is 75.6 Å². The van der Waals surface area contributed by atoms with E-state index in [0.29, 0.717) is 22.4 Å². The van der Waals surface area contributed by atoms with Crippen LogP contribution in [0.25, 0.3) is 11.3 Å². The number of hydrogen-bond acceptors (Lipinski definition) is 4. The van der Waals surface area contributed by atoms with Gasteiger partial charge >= 0.3 is 0 Å². The van der Waals surface area contributed by atoms with E-state index in [-0.39, 0.29) is 16.4 Å². The zero-order chi connectivity index (χ0) is 17.1. The highest BCUT2D eigenvalue weighted by Gasteiger charge is 2.41. The monoisotopic (exact) mass is 402 g/mol. The van der Waals surface area contributed by atoms with Crippen molar-refractivity contribution in [1.82, 2.24) is 4.72 Å². The lowest BCUT2D eigenvalue weighted by Crippen LogP contribution is -2.25. The smallest absolute Gasteiger partial charge is 0.262 e. The Morgan fingerprint density at radius 2 is 1.88 bits per heavy atom. The molecule has 2 aromatic rings. The van der Waals surface area contributed by atoms with Gasteiger partial charge in [-0.1, -0.05) is 40.2 Å². The van der Waals surface area contributed by atoms with E-state index in [4.69, 9.17) is 0 Å². The average Bonchev–Trinajstić information content (AvgIpc) is 2.83. The van der Waals surface area contributed by atoms with Crippen molar-refractivity contribution < 1.29 is 13.2 Å². The van der Waals surface area contributed by atoms with Crippen LogP contribution >= 0.6 is 15.9 Å². The molecule has 4 rings (SSSR count). The molecule has 1 aliphatic carbocycles. The van der Waals surface area contributed by atoms with E-state index in [1.165, 1.54) is 13.1 Å². The van der Waals surface area contributed by atoms with E-state index in [1.807, 2.05) is 24.3 Å². The Morgan fingerprint density at radius 1 is 1.12 bits per heavy atom. The SMILES string of the molecule is CN=C1C(=O)c2cccc3c2C(=C1c1cccc(Br)c1)NS3(=O)=O. The number of halogens is 1. The number of sulfonamides is 1. The van der Waals surface area contributed by atoms with Crippen molar-refractivity contribution in [1.29, 1.82) is 0 Å². The Bertz CT molecular complexity index is 1080. The van der Waals surface area contributed by atoms with Crippen LogP contribution in [-0.4, -0.2) is 27.0 Å². The number of ketones is 1. The van der Waals surface area contributed by atoms with Gasteiger partial charge in [-0.15, -0.1) is 0 Å². The number of nitrogens with zero attached hydrogens (tertiary/aromatic N) is 1. The summed E-state index contributed by atoms with van der Waals surface area (Å²) >= 11 is 3.41. The molecule has 0 spiro atoms. The number of rotatable bonds is 1. The Labute approximate surface area is 147 Å². The highest BCUT2D eigenvalue weighted by Crippen LogP contribution is 2.42. The van der Waals surface area contributed by atoms with Crippen molar-refractivity contribution in [2.24, 2.45) is 4.99 Å². The maximum absolute atomic E-state index is 12.9. The van der Waals surface area contributed by atoms with Gasteiger partial charge < -0.3 is 0 Å². The van der Waals surface area contributed by atoms with Crippen LogP contribution in [0.15, 0.2) is 56.8 Å². The minimum atomic E-state index is -3.68. The quantitative estimate of drug-likeness (QED) is 0.796. The first-order chi connectivity index (χ1) is 11.4. The minimum absolute atomic E-state index is 0.131. The summed E-state index contributed by atoms with van der Waals surface area (Å²) in [6.07, 6.45) is 0. The molecule has 5 nitrogen and oxygen atoms in total. The van der Waals surface area contributed by atoms with Gasteiger partial charge in [0.15, 0.2) is 0 Å². The zero-order valence-electron chi connectivity index (χ0n) is 12.5. The molecule has 0 saturated carbocycles. The lowest BCUT2D eigenvalue weighted by atomic mass is 9.84. The lowest BCUT2D eigenvalue weighted by molar-refractivity contribution is 0.106. The third-order valence-corrected chi connectivity index (χ3v) is 5.97. The van der Waals surface area contributed by atoms with E-state index in [2.05, 4.69) is 25.6 Å². The average molecular weight is 403 g/mol. The standard InChI is InChI=1S/C17H11BrN2O3S/c1-19-16-13(9-4-2-5-10(18)8-9)15-14-11(17(16)21)6-3-7-12(14)24(22,23)20-15/h2-8,20H,1H3. The van der Waals surface area contributed by atoms with Crippen LogP contribution < -0.4 is 4.72 Å². The summed E-state index contributed by atoms with van der Waals surface area (Å²) in [4.78, 5) is 17.1. The van der Waals surface area contributed by atoms with Crippen LogP contribution in [0.2, 0.25) is 0 Å². The molecule has 0 atom stereocenters. The largest absolute Gasteiger partial charge is 0.287 e. The van der Waals surface area contributed by atoms with Crippen molar-refractivity contribution in [3.8, 4) is 0 Å². The fourth-order valence-electron chi connectivity index (χ4n) is 3.12. The number of carbonyl (C=O) groups is 1. The maximum Gasteiger partial charge on any atom is 0.262 e. The van der Waals surface area contributed by atoms with E-state index >= 15 is 0 Å². The van der Waals surface area contributed by atoms with Gasteiger partial charge in [0.1, 0.15) is 5.71 Å². The second-order valence-corrected chi connectivity index (χ2v) is 8.01. The molecule has 7 heteroatoms. The van der Waals surface area contributed by atoms with Gasteiger partial charge in [-0.3, -0.25) is 14.5 Å². The van der Waals surface area contributed by atoms with Crippen LogP contribution in [0.4, 0.5) is 0 Å². The first kappa shape index (κ1) is 15.3. The number of allylic oxidation sites excluding steroid dienone is 1. The molecule has 24 heavy (non-hydrogen) atoms. The minimum Gasteiger partial charge on any atom is -0.287 e. The summed E-state index contributed by atoms with van der Waals surface area (Å²) in [5, 5.41) is 0. The van der Waals surface area contributed by atoms with Crippen LogP contribution in [-0.2, 0) is 10.0 Å². The lowest BCUT2D eigenvalue weighted by Gasteiger charge is -2.20. The Hall–Kier alpha value is -2.25. The summed E-state index contributed by atoms with van der Waals surface area (Å²) < 4.78 is 28.3. The van der Waals surface area contributed by atoms with Crippen molar-refractivity contribution in [2.75, 3.05) is 7.05 Å². The molecule has 120 valence electrons. The highest BCUT2D eigenvalue weighted by atomic mass is 79.9. The molecule has 0 amide bonds. The van der Waals surface area contributed by atoms with E-state index < -0.39 is 10.0 Å². The van der Waals surface area contributed by atoms with Gasteiger partial charge in [0.2, 0.25) is 5.78 Å².